The molecule has 10 nitrogen and oxygen atoms in total. The largest absolute Gasteiger partial charge is 0.483 e. The number of benzene rings is 2. The molecule has 4 aromatic rings. The molecule has 0 spiro atoms. The van der Waals surface area contributed by atoms with Crippen molar-refractivity contribution in [1.29, 1.82) is 0 Å². The van der Waals surface area contributed by atoms with Crippen LogP contribution in [-0.2, 0) is 24.4 Å². The Hall–Kier alpha value is -3.87. The second-order valence-electron chi connectivity index (χ2n) is 10.2. The molecule has 0 amide bonds. The average Bonchev–Trinajstić information content (AvgIpc) is 3.33. The molecule has 1 N–H and O–H groups in total. The number of nitrogens with zero attached hydrogens (tertiary/aromatic N) is 5. The predicted molar refractivity (Wildman–Crippen MR) is 154 cm³/mol. The van der Waals surface area contributed by atoms with Gasteiger partial charge in [0.15, 0.2) is 23.2 Å². The molecule has 0 saturated carbocycles. The van der Waals surface area contributed by atoms with Crippen molar-refractivity contribution in [3.63, 3.8) is 0 Å². The van der Waals surface area contributed by atoms with Crippen molar-refractivity contribution >= 4 is 28.6 Å². The smallest absolute Gasteiger partial charge is 0.335 e. The van der Waals surface area contributed by atoms with E-state index in [-0.39, 0.29) is 34.6 Å². The standard InChI is InChI=1S/C30H32ClF2N5O5/c1-2-12-41-13-11-38-24-15-19(30(39)40)14-23(33)29(24)36-27(38)17-37-9-6-21(7-10-37)43-28-5-8-34-26(35-28)18-42-25-4-3-20(31)16-22(25)32/h3-5,8,14-16,21H,2,6-7,9-13,17-18H2,1H3,(H,39,40). The minimum Gasteiger partial charge on any atom is -0.483 e. The van der Waals surface area contributed by atoms with Crippen LogP contribution >= 0.6 is 11.6 Å². The summed E-state index contributed by atoms with van der Waals surface area (Å²) in [4.78, 5) is 26.9. The number of ether oxygens (including phenoxy) is 3. The number of aromatic carboxylic acids is 1. The van der Waals surface area contributed by atoms with E-state index in [0.717, 1.165) is 25.3 Å². The van der Waals surface area contributed by atoms with E-state index >= 15 is 0 Å². The number of imidazole rings is 1. The average molecular weight is 616 g/mol. The summed E-state index contributed by atoms with van der Waals surface area (Å²) in [7, 11) is 0. The summed E-state index contributed by atoms with van der Waals surface area (Å²) in [5.74, 6) is -0.969. The molecule has 2 aromatic heterocycles. The molecule has 43 heavy (non-hydrogen) atoms. The lowest BCUT2D eigenvalue weighted by Gasteiger charge is -2.31. The second-order valence-corrected chi connectivity index (χ2v) is 10.6. The molecule has 5 rings (SSSR count). The van der Waals surface area contributed by atoms with E-state index in [4.69, 9.17) is 25.8 Å². The molecule has 1 saturated heterocycles. The first-order chi connectivity index (χ1) is 20.8. The van der Waals surface area contributed by atoms with Crippen LogP contribution in [0.25, 0.3) is 11.0 Å². The van der Waals surface area contributed by atoms with Crippen molar-refractivity contribution < 1.29 is 32.9 Å². The first-order valence-corrected chi connectivity index (χ1v) is 14.5. The van der Waals surface area contributed by atoms with E-state index in [1.54, 1.807) is 12.3 Å². The summed E-state index contributed by atoms with van der Waals surface area (Å²) in [6.07, 6.45) is 3.81. The molecule has 0 atom stereocenters. The Morgan fingerprint density at radius 1 is 1.09 bits per heavy atom. The number of likely N-dealkylation sites (tertiary alicyclic amines) is 1. The van der Waals surface area contributed by atoms with Gasteiger partial charge in [-0.3, -0.25) is 4.90 Å². The number of carboxylic acid groups (broad SMARTS) is 1. The topological polar surface area (TPSA) is 112 Å². The van der Waals surface area contributed by atoms with Gasteiger partial charge in [0.2, 0.25) is 5.88 Å². The summed E-state index contributed by atoms with van der Waals surface area (Å²) in [6, 6.07) is 8.30. The van der Waals surface area contributed by atoms with Crippen LogP contribution in [0, 0.1) is 11.6 Å². The zero-order valence-corrected chi connectivity index (χ0v) is 24.4. The molecule has 13 heteroatoms. The highest BCUT2D eigenvalue weighted by Crippen LogP contribution is 2.25. The van der Waals surface area contributed by atoms with Crippen LogP contribution in [0.4, 0.5) is 8.78 Å². The lowest BCUT2D eigenvalue weighted by atomic mass is 10.1. The number of carbonyl (C=O) groups is 1. The van der Waals surface area contributed by atoms with Gasteiger partial charge in [0, 0.05) is 43.5 Å². The Bertz CT molecular complexity index is 1580. The molecule has 1 fully saturated rings. The van der Waals surface area contributed by atoms with Crippen molar-refractivity contribution in [3.8, 4) is 11.6 Å². The van der Waals surface area contributed by atoms with Gasteiger partial charge < -0.3 is 23.9 Å². The molecule has 228 valence electrons. The van der Waals surface area contributed by atoms with Gasteiger partial charge in [0.1, 0.15) is 24.1 Å². The molecule has 1 aliphatic heterocycles. The van der Waals surface area contributed by atoms with Gasteiger partial charge in [-0.15, -0.1) is 0 Å². The lowest BCUT2D eigenvalue weighted by Crippen LogP contribution is -2.38. The summed E-state index contributed by atoms with van der Waals surface area (Å²) in [5.41, 5.74) is 0.464. The van der Waals surface area contributed by atoms with Gasteiger partial charge in [-0.1, -0.05) is 18.5 Å². The van der Waals surface area contributed by atoms with E-state index in [9.17, 15) is 18.7 Å². The molecule has 3 heterocycles. The van der Waals surface area contributed by atoms with Gasteiger partial charge in [-0.2, -0.15) is 4.98 Å². The second kappa shape index (κ2) is 14.1. The van der Waals surface area contributed by atoms with Crippen molar-refractivity contribution in [2.75, 3.05) is 26.3 Å². The number of aromatic nitrogens is 4. The van der Waals surface area contributed by atoms with E-state index in [0.29, 0.717) is 62.4 Å². The minimum absolute atomic E-state index is 0.0345. The van der Waals surface area contributed by atoms with Crippen LogP contribution in [0.1, 0.15) is 48.2 Å². The number of carboxylic acids is 1. The zero-order chi connectivity index (χ0) is 30.3. The van der Waals surface area contributed by atoms with E-state index < -0.39 is 17.6 Å². The maximum Gasteiger partial charge on any atom is 0.335 e. The minimum atomic E-state index is -1.20. The first-order valence-electron chi connectivity index (χ1n) is 14.1. The monoisotopic (exact) mass is 615 g/mol. The Morgan fingerprint density at radius 3 is 2.65 bits per heavy atom. The van der Waals surface area contributed by atoms with Gasteiger partial charge >= 0.3 is 5.97 Å². The summed E-state index contributed by atoms with van der Waals surface area (Å²) in [6.45, 7) is 5.30. The maximum absolute atomic E-state index is 14.8. The number of halogens is 3. The molecular formula is C30H32ClF2N5O5. The number of rotatable bonds is 13. The van der Waals surface area contributed by atoms with E-state index in [1.165, 1.54) is 24.3 Å². The van der Waals surface area contributed by atoms with E-state index in [2.05, 4.69) is 19.9 Å². The summed E-state index contributed by atoms with van der Waals surface area (Å²) >= 11 is 5.79. The highest BCUT2D eigenvalue weighted by molar-refractivity contribution is 6.30. The molecular weight excluding hydrogens is 584 g/mol. The zero-order valence-electron chi connectivity index (χ0n) is 23.6. The predicted octanol–water partition coefficient (Wildman–Crippen LogP) is 5.51. The van der Waals surface area contributed by atoms with Crippen molar-refractivity contribution in [3.05, 3.63) is 76.5 Å². The molecule has 0 bridgehead atoms. The highest BCUT2D eigenvalue weighted by Gasteiger charge is 2.24. The van der Waals surface area contributed by atoms with Crippen LogP contribution in [0.2, 0.25) is 5.02 Å². The van der Waals surface area contributed by atoms with E-state index in [1.807, 2.05) is 11.5 Å². The third-order valence-electron chi connectivity index (χ3n) is 7.06. The van der Waals surface area contributed by atoms with Crippen LogP contribution < -0.4 is 9.47 Å². The highest BCUT2D eigenvalue weighted by atomic mass is 35.5. The third-order valence-corrected chi connectivity index (χ3v) is 7.29. The fraction of sp³-hybridized carbons (Fsp3) is 0.400. The fourth-order valence-electron chi connectivity index (χ4n) is 4.93. The Kier molecular flexibility index (Phi) is 10.0. The molecule has 0 radical (unpaired) electrons. The van der Waals surface area contributed by atoms with Gasteiger partial charge in [-0.05, 0) is 49.6 Å². The lowest BCUT2D eigenvalue weighted by molar-refractivity contribution is 0.0696. The third kappa shape index (κ3) is 7.75. The SMILES string of the molecule is CCCOCCn1c(CN2CCC(Oc3ccnc(COc4ccc(Cl)cc4F)n3)CC2)nc2c(F)cc(C(=O)O)cc21. The number of hydrogen-bond acceptors (Lipinski definition) is 8. The first kappa shape index (κ1) is 30.6. The fourth-order valence-corrected chi connectivity index (χ4v) is 5.09. The number of hydrogen-bond donors (Lipinski definition) is 1. The molecule has 1 aliphatic rings. The van der Waals surface area contributed by atoms with Gasteiger partial charge in [0.25, 0.3) is 0 Å². The Morgan fingerprint density at radius 2 is 1.91 bits per heavy atom. The molecule has 2 aromatic carbocycles. The van der Waals surface area contributed by atoms with Crippen molar-refractivity contribution in [2.24, 2.45) is 0 Å². The van der Waals surface area contributed by atoms with Crippen LogP contribution in [0.3, 0.4) is 0 Å². The Labute approximate surface area is 252 Å². The maximum atomic E-state index is 14.8. The Balaban J connectivity index is 1.20. The van der Waals surface area contributed by atoms with Crippen molar-refractivity contribution in [2.45, 2.75) is 52.0 Å². The van der Waals surface area contributed by atoms with Crippen LogP contribution in [0.15, 0.2) is 42.6 Å². The van der Waals surface area contributed by atoms with Crippen molar-refractivity contribution in [1.82, 2.24) is 24.4 Å². The van der Waals surface area contributed by atoms with Crippen LogP contribution in [0.5, 0.6) is 11.6 Å². The number of fused-ring (bicyclic) bond motifs is 1. The summed E-state index contributed by atoms with van der Waals surface area (Å²) in [5, 5.41) is 9.72. The number of piperidine rings is 1. The summed E-state index contributed by atoms with van der Waals surface area (Å²) < 4.78 is 48.0. The normalized spacial score (nSPS) is 14.3. The van der Waals surface area contributed by atoms with Gasteiger partial charge in [-0.25, -0.2) is 23.5 Å². The van der Waals surface area contributed by atoms with Crippen LogP contribution in [-0.4, -0.2) is 67.9 Å². The quantitative estimate of drug-likeness (QED) is 0.195. The molecule has 0 aliphatic carbocycles. The van der Waals surface area contributed by atoms with Gasteiger partial charge in [0.05, 0.1) is 24.2 Å². The molecule has 0 unspecified atom stereocenters.